The minimum Gasteiger partial charge on any atom is -0.446 e. The molecule has 3 rings (SSSR count). The van der Waals surface area contributed by atoms with Crippen molar-refractivity contribution in [1.82, 2.24) is 14.9 Å². The lowest BCUT2D eigenvalue weighted by atomic mass is 10.2. The maximum atomic E-state index is 12.1. The number of nitrogens with one attached hydrogen (secondary N) is 1. The van der Waals surface area contributed by atoms with Gasteiger partial charge >= 0.3 is 0 Å². The van der Waals surface area contributed by atoms with E-state index in [9.17, 15) is 4.79 Å². The minimum absolute atomic E-state index is 0.134. The molecule has 0 bridgehead atoms. The first kappa shape index (κ1) is 13.2. The Labute approximate surface area is 122 Å². The second kappa shape index (κ2) is 5.66. The smallest absolute Gasteiger partial charge is 0.251 e. The summed E-state index contributed by atoms with van der Waals surface area (Å²) in [4.78, 5) is 16.1. The molecule has 0 aliphatic carbocycles. The molecule has 1 amide bonds. The van der Waals surface area contributed by atoms with Crippen LogP contribution in [0.1, 0.15) is 21.8 Å². The molecule has 5 heteroatoms. The molecular weight excluding hydrogens is 266 g/mol. The van der Waals surface area contributed by atoms with Crippen LogP contribution >= 0.6 is 0 Å². The topological polar surface area (TPSA) is 60.1 Å². The third-order valence-corrected chi connectivity index (χ3v) is 3.29. The molecule has 2 aromatic heterocycles. The lowest BCUT2D eigenvalue weighted by Crippen LogP contribution is -2.22. The molecule has 3 aromatic rings. The molecule has 1 aromatic carbocycles. The molecule has 0 saturated carbocycles. The van der Waals surface area contributed by atoms with Gasteiger partial charge in [0.2, 0.25) is 0 Å². The molecule has 0 fully saturated rings. The number of oxazole rings is 1. The van der Waals surface area contributed by atoms with Crippen molar-refractivity contribution in [1.29, 1.82) is 0 Å². The zero-order chi connectivity index (χ0) is 14.7. The Bertz CT molecular complexity index is 727. The Morgan fingerprint density at radius 3 is 2.57 bits per heavy atom. The van der Waals surface area contributed by atoms with Gasteiger partial charge in [-0.25, -0.2) is 4.98 Å². The predicted molar refractivity (Wildman–Crippen MR) is 78.2 cm³/mol. The van der Waals surface area contributed by atoms with Gasteiger partial charge in [-0.05, 0) is 43.3 Å². The number of nitrogens with zero attached hydrogens (tertiary/aromatic N) is 2. The average Bonchev–Trinajstić information content (AvgIpc) is 3.17. The molecule has 0 atom stereocenters. The molecular formula is C16H15N3O2. The van der Waals surface area contributed by atoms with Crippen LogP contribution < -0.4 is 5.32 Å². The average molecular weight is 281 g/mol. The van der Waals surface area contributed by atoms with Gasteiger partial charge in [0.05, 0.1) is 12.2 Å². The van der Waals surface area contributed by atoms with Crippen LogP contribution in [0.4, 0.5) is 0 Å². The Balaban J connectivity index is 1.66. The summed E-state index contributed by atoms with van der Waals surface area (Å²) in [6.07, 6.45) is 5.30. The molecule has 0 saturated heterocycles. The van der Waals surface area contributed by atoms with Crippen molar-refractivity contribution in [3.63, 3.8) is 0 Å². The summed E-state index contributed by atoms with van der Waals surface area (Å²) >= 11 is 0. The van der Waals surface area contributed by atoms with Gasteiger partial charge in [0.15, 0.2) is 6.39 Å². The van der Waals surface area contributed by atoms with Gasteiger partial charge in [0.1, 0.15) is 5.76 Å². The van der Waals surface area contributed by atoms with Gasteiger partial charge < -0.3 is 14.3 Å². The summed E-state index contributed by atoms with van der Waals surface area (Å²) in [7, 11) is 0. The van der Waals surface area contributed by atoms with Crippen molar-refractivity contribution < 1.29 is 9.21 Å². The SMILES string of the molecule is Cc1ncoc1CNC(=O)c1ccc(-n2cccc2)cc1. The monoisotopic (exact) mass is 281 g/mol. The van der Waals surface area contributed by atoms with Crippen LogP contribution in [-0.4, -0.2) is 15.5 Å². The van der Waals surface area contributed by atoms with E-state index in [4.69, 9.17) is 4.42 Å². The summed E-state index contributed by atoms with van der Waals surface area (Å²) in [5.74, 6) is 0.539. The van der Waals surface area contributed by atoms with Crippen molar-refractivity contribution in [2.75, 3.05) is 0 Å². The fraction of sp³-hybridized carbons (Fsp3) is 0.125. The van der Waals surface area contributed by atoms with E-state index in [1.165, 1.54) is 6.39 Å². The third-order valence-electron chi connectivity index (χ3n) is 3.29. The van der Waals surface area contributed by atoms with E-state index in [2.05, 4.69) is 10.3 Å². The lowest BCUT2D eigenvalue weighted by Gasteiger charge is -2.06. The Kier molecular flexibility index (Phi) is 3.55. The fourth-order valence-corrected chi connectivity index (χ4v) is 2.05. The summed E-state index contributed by atoms with van der Waals surface area (Å²) in [6.45, 7) is 2.18. The van der Waals surface area contributed by atoms with Crippen LogP contribution in [0.3, 0.4) is 0 Å². The molecule has 21 heavy (non-hydrogen) atoms. The van der Waals surface area contributed by atoms with Gasteiger partial charge in [0, 0.05) is 23.6 Å². The van der Waals surface area contributed by atoms with Gasteiger partial charge in [-0.3, -0.25) is 4.79 Å². The van der Waals surface area contributed by atoms with Gasteiger partial charge in [-0.1, -0.05) is 0 Å². The first-order valence-corrected chi connectivity index (χ1v) is 6.64. The van der Waals surface area contributed by atoms with Crippen molar-refractivity contribution in [2.45, 2.75) is 13.5 Å². The highest BCUT2D eigenvalue weighted by molar-refractivity contribution is 5.94. The third kappa shape index (κ3) is 2.86. The predicted octanol–water partition coefficient (Wildman–Crippen LogP) is 2.70. The summed E-state index contributed by atoms with van der Waals surface area (Å²) < 4.78 is 7.18. The van der Waals surface area contributed by atoms with E-state index in [1.54, 1.807) is 12.1 Å². The quantitative estimate of drug-likeness (QED) is 0.800. The van der Waals surface area contributed by atoms with Gasteiger partial charge in [0.25, 0.3) is 5.91 Å². The van der Waals surface area contributed by atoms with Gasteiger partial charge in [-0.2, -0.15) is 0 Å². The normalized spacial score (nSPS) is 10.5. The number of carbonyl (C=O) groups excluding carboxylic acids is 1. The summed E-state index contributed by atoms with van der Waals surface area (Å²) in [6, 6.07) is 11.3. The van der Waals surface area contributed by atoms with E-state index in [0.717, 1.165) is 11.4 Å². The van der Waals surface area contributed by atoms with Crippen molar-refractivity contribution in [3.8, 4) is 5.69 Å². The number of hydrogen-bond acceptors (Lipinski definition) is 3. The van der Waals surface area contributed by atoms with Gasteiger partial charge in [-0.15, -0.1) is 0 Å². The van der Waals surface area contributed by atoms with Crippen LogP contribution in [0.2, 0.25) is 0 Å². The first-order chi connectivity index (χ1) is 10.2. The Morgan fingerprint density at radius 1 is 1.24 bits per heavy atom. The Hall–Kier alpha value is -2.82. The molecule has 1 N–H and O–H groups in total. The van der Waals surface area contributed by atoms with Crippen LogP contribution in [0, 0.1) is 6.92 Å². The number of aromatic nitrogens is 2. The highest BCUT2D eigenvalue weighted by Crippen LogP contribution is 2.10. The largest absolute Gasteiger partial charge is 0.446 e. The standard InChI is InChI=1S/C16H15N3O2/c1-12-15(21-11-18-12)10-17-16(20)13-4-6-14(7-5-13)19-8-2-3-9-19/h2-9,11H,10H2,1H3,(H,17,20). The minimum atomic E-state index is -0.134. The van der Waals surface area contributed by atoms with E-state index < -0.39 is 0 Å². The number of hydrogen-bond donors (Lipinski definition) is 1. The zero-order valence-corrected chi connectivity index (χ0v) is 11.6. The van der Waals surface area contributed by atoms with E-state index in [-0.39, 0.29) is 5.91 Å². The second-order valence-electron chi connectivity index (χ2n) is 4.68. The zero-order valence-electron chi connectivity index (χ0n) is 11.6. The number of carbonyl (C=O) groups is 1. The number of rotatable bonds is 4. The molecule has 0 aliphatic rings. The van der Waals surface area contributed by atoms with E-state index >= 15 is 0 Å². The van der Waals surface area contributed by atoms with E-state index in [0.29, 0.717) is 17.9 Å². The van der Waals surface area contributed by atoms with Crippen LogP contribution in [0.15, 0.2) is 59.6 Å². The number of aryl methyl sites for hydroxylation is 1. The molecule has 106 valence electrons. The lowest BCUT2D eigenvalue weighted by molar-refractivity contribution is 0.0948. The van der Waals surface area contributed by atoms with Crippen molar-refractivity contribution in [2.24, 2.45) is 0 Å². The molecule has 0 aliphatic heterocycles. The molecule has 0 unspecified atom stereocenters. The fourth-order valence-electron chi connectivity index (χ4n) is 2.05. The highest BCUT2D eigenvalue weighted by Gasteiger charge is 2.08. The maximum Gasteiger partial charge on any atom is 0.251 e. The van der Waals surface area contributed by atoms with Crippen LogP contribution in [0.5, 0.6) is 0 Å². The summed E-state index contributed by atoms with van der Waals surface area (Å²) in [5.41, 5.74) is 2.42. The maximum absolute atomic E-state index is 12.1. The van der Waals surface area contributed by atoms with Crippen molar-refractivity contribution in [3.05, 3.63) is 72.2 Å². The van der Waals surface area contributed by atoms with Crippen LogP contribution in [0.25, 0.3) is 5.69 Å². The van der Waals surface area contributed by atoms with E-state index in [1.807, 2.05) is 48.1 Å². The second-order valence-corrected chi connectivity index (χ2v) is 4.68. The molecule has 2 heterocycles. The highest BCUT2D eigenvalue weighted by atomic mass is 16.3. The Morgan fingerprint density at radius 2 is 1.95 bits per heavy atom. The summed E-state index contributed by atoms with van der Waals surface area (Å²) in [5, 5.41) is 2.82. The number of benzene rings is 1. The first-order valence-electron chi connectivity index (χ1n) is 6.64. The molecule has 5 nitrogen and oxygen atoms in total. The molecule has 0 radical (unpaired) electrons. The van der Waals surface area contributed by atoms with Crippen molar-refractivity contribution >= 4 is 5.91 Å². The number of amides is 1. The van der Waals surface area contributed by atoms with Crippen LogP contribution in [-0.2, 0) is 6.54 Å². The molecule has 0 spiro atoms.